The van der Waals surface area contributed by atoms with Gasteiger partial charge in [0.1, 0.15) is 11.6 Å². The fraction of sp³-hybridized carbons (Fsp3) is 0.136. The van der Waals surface area contributed by atoms with Gasteiger partial charge in [0, 0.05) is 35.8 Å². The van der Waals surface area contributed by atoms with Crippen LogP contribution in [0.4, 0.5) is 5.82 Å². The normalized spacial score (nSPS) is 10.6. The average molecular weight is 368 g/mol. The number of hydrogen-bond acceptors (Lipinski definition) is 6. The summed E-state index contributed by atoms with van der Waals surface area (Å²) in [5.41, 5.74) is 5.71. The summed E-state index contributed by atoms with van der Waals surface area (Å²) in [6.07, 6.45) is 7.21. The Bertz CT molecular complexity index is 1080. The molecule has 0 spiro atoms. The van der Waals surface area contributed by atoms with Gasteiger partial charge < -0.3 is 5.32 Å². The number of nitrogens with zero attached hydrogens (tertiary/aromatic N) is 5. The second-order valence-corrected chi connectivity index (χ2v) is 6.52. The molecule has 0 saturated heterocycles. The van der Waals surface area contributed by atoms with Crippen molar-refractivity contribution in [1.82, 2.24) is 24.9 Å². The molecule has 4 aromatic rings. The van der Waals surface area contributed by atoms with E-state index in [1.54, 1.807) is 12.4 Å². The molecule has 3 heterocycles. The summed E-state index contributed by atoms with van der Waals surface area (Å²) in [5, 5.41) is 3.30. The van der Waals surface area contributed by atoms with Crippen LogP contribution >= 0.6 is 0 Å². The lowest BCUT2D eigenvalue weighted by atomic mass is 10.0. The van der Waals surface area contributed by atoms with Crippen LogP contribution in [-0.2, 0) is 6.54 Å². The van der Waals surface area contributed by atoms with Crippen molar-refractivity contribution in [2.24, 2.45) is 0 Å². The minimum absolute atomic E-state index is 0.547. The zero-order chi connectivity index (χ0) is 19.3. The van der Waals surface area contributed by atoms with Crippen LogP contribution in [0.25, 0.3) is 22.4 Å². The van der Waals surface area contributed by atoms with E-state index in [-0.39, 0.29) is 0 Å². The lowest BCUT2D eigenvalue weighted by Gasteiger charge is -2.09. The zero-order valence-corrected chi connectivity index (χ0v) is 15.8. The zero-order valence-electron chi connectivity index (χ0n) is 15.8. The highest BCUT2D eigenvalue weighted by Crippen LogP contribution is 2.25. The SMILES string of the molecule is Cc1cnc(CNc2cc(-c3cncc(-c4ccccc4)c3)nc(C)n2)cn1. The first-order valence-corrected chi connectivity index (χ1v) is 9.05. The fourth-order valence-corrected chi connectivity index (χ4v) is 2.87. The Balaban J connectivity index is 1.59. The van der Waals surface area contributed by atoms with Crippen molar-refractivity contribution < 1.29 is 0 Å². The molecule has 4 rings (SSSR count). The van der Waals surface area contributed by atoms with Gasteiger partial charge in [-0.1, -0.05) is 30.3 Å². The van der Waals surface area contributed by atoms with E-state index in [9.17, 15) is 0 Å². The second-order valence-electron chi connectivity index (χ2n) is 6.52. The van der Waals surface area contributed by atoms with E-state index in [0.29, 0.717) is 12.4 Å². The van der Waals surface area contributed by atoms with Gasteiger partial charge >= 0.3 is 0 Å². The fourth-order valence-electron chi connectivity index (χ4n) is 2.87. The summed E-state index contributed by atoms with van der Waals surface area (Å²) in [7, 11) is 0. The first-order valence-electron chi connectivity index (χ1n) is 9.05. The molecule has 1 N–H and O–H groups in total. The van der Waals surface area contributed by atoms with Crippen molar-refractivity contribution in [3.8, 4) is 22.4 Å². The number of aryl methyl sites for hydroxylation is 2. The monoisotopic (exact) mass is 368 g/mol. The average Bonchev–Trinajstić information content (AvgIpc) is 2.74. The standard InChI is InChI=1S/C22H20N6/c1-15-10-25-20(13-24-15)14-26-22-9-21(27-16(2)28-22)19-8-18(11-23-12-19)17-6-4-3-5-7-17/h3-13H,14H2,1-2H3,(H,26,27,28). The molecule has 0 bridgehead atoms. The quantitative estimate of drug-likeness (QED) is 0.568. The van der Waals surface area contributed by atoms with Crippen LogP contribution < -0.4 is 5.32 Å². The smallest absolute Gasteiger partial charge is 0.130 e. The van der Waals surface area contributed by atoms with Gasteiger partial charge in [-0.25, -0.2) is 9.97 Å². The lowest BCUT2D eigenvalue weighted by Crippen LogP contribution is -2.06. The van der Waals surface area contributed by atoms with Crippen LogP contribution in [0.1, 0.15) is 17.2 Å². The second kappa shape index (κ2) is 7.92. The topological polar surface area (TPSA) is 76.5 Å². The van der Waals surface area contributed by atoms with E-state index in [1.165, 1.54) is 0 Å². The van der Waals surface area contributed by atoms with Gasteiger partial charge in [0.2, 0.25) is 0 Å². The van der Waals surface area contributed by atoms with E-state index in [0.717, 1.165) is 39.6 Å². The molecule has 0 aliphatic carbocycles. The van der Waals surface area contributed by atoms with Crippen molar-refractivity contribution in [1.29, 1.82) is 0 Å². The maximum absolute atomic E-state index is 4.59. The highest BCUT2D eigenvalue weighted by Gasteiger charge is 2.07. The van der Waals surface area contributed by atoms with E-state index in [4.69, 9.17) is 0 Å². The summed E-state index contributed by atoms with van der Waals surface area (Å²) < 4.78 is 0. The van der Waals surface area contributed by atoms with Crippen LogP contribution in [0.2, 0.25) is 0 Å². The molecule has 0 amide bonds. The lowest BCUT2D eigenvalue weighted by molar-refractivity contribution is 0.964. The molecule has 0 radical (unpaired) electrons. The summed E-state index contributed by atoms with van der Waals surface area (Å²) in [6.45, 7) is 4.35. The number of benzene rings is 1. The molecule has 1 aromatic carbocycles. The Kier molecular flexibility index (Phi) is 5.01. The Labute approximate surface area is 163 Å². The Hall–Kier alpha value is -3.67. The molecule has 3 aromatic heterocycles. The molecule has 0 aliphatic rings. The van der Waals surface area contributed by atoms with Gasteiger partial charge in [-0.05, 0) is 25.5 Å². The first-order chi connectivity index (χ1) is 13.7. The molecule has 0 atom stereocenters. The third kappa shape index (κ3) is 4.17. The first kappa shape index (κ1) is 17.7. The third-order valence-corrected chi connectivity index (χ3v) is 4.26. The predicted molar refractivity (Wildman–Crippen MR) is 110 cm³/mol. The Morgan fingerprint density at radius 3 is 2.39 bits per heavy atom. The van der Waals surface area contributed by atoms with Crippen molar-refractivity contribution >= 4 is 5.82 Å². The predicted octanol–water partition coefficient (Wildman–Crippen LogP) is 4.22. The van der Waals surface area contributed by atoms with Gasteiger partial charge in [-0.15, -0.1) is 0 Å². The number of hydrogen-bond donors (Lipinski definition) is 1. The molecule has 6 heteroatoms. The molecule has 0 aliphatic heterocycles. The largest absolute Gasteiger partial charge is 0.364 e. The molecule has 138 valence electrons. The maximum Gasteiger partial charge on any atom is 0.130 e. The minimum atomic E-state index is 0.547. The summed E-state index contributed by atoms with van der Waals surface area (Å²) in [4.78, 5) is 22.1. The number of nitrogens with one attached hydrogen (secondary N) is 1. The van der Waals surface area contributed by atoms with Gasteiger partial charge in [0.15, 0.2) is 0 Å². The van der Waals surface area contributed by atoms with Crippen LogP contribution in [-0.4, -0.2) is 24.9 Å². The molecule has 28 heavy (non-hydrogen) atoms. The van der Waals surface area contributed by atoms with Gasteiger partial charge in [0.25, 0.3) is 0 Å². The summed E-state index contributed by atoms with van der Waals surface area (Å²) in [5.74, 6) is 1.44. The molecular formula is C22H20N6. The van der Waals surface area contributed by atoms with Crippen molar-refractivity contribution in [2.45, 2.75) is 20.4 Å². The van der Waals surface area contributed by atoms with Crippen molar-refractivity contribution in [3.63, 3.8) is 0 Å². The Morgan fingerprint density at radius 1 is 0.786 bits per heavy atom. The number of aromatic nitrogens is 5. The summed E-state index contributed by atoms with van der Waals surface area (Å²) in [6, 6.07) is 14.2. The van der Waals surface area contributed by atoms with Crippen molar-refractivity contribution in [3.05, 3.63) is 84.5 Å². The van der Waals surface area contributed by atoms with Crippen LogP contribution in [0, 0.1) is 13.8 Å². The highest BCUT2D eigenvalue weighted by atomic mass is 15.0. The van der Waals surface area contributed by atoms with Gasteiger partial charge in [-0.3, -0.25) is 15.0 Å². The highest BCUT2D eigenvalue weighted by molar-refractivity contribution is 5.71. The maximum atomic E-state index is 4.59. The number of anilines is 1. The van der Waals surface area contributed by atoms with Gasteiger partial charge in [0.05, 0.1) is 29.8 Å². The Morgan fingerprint density at radius 2 is 1.61 bits per heavy atom. The van der Waals surface area contributed by atoms with Gasteiger partial charge in [-0.2, -0.15) is 0 Å². The molecular weight excluding hydrogens is 348 g/mol. The van der Waals surface area contributed by atoms with E-state index < -0.39 is 0 Å². The minimum Gasteiger partial charge on any atom is -0.364 e. The van der Waals surface area contributed by atoms with E-state index in [1.807, 2.05) is 50.5 Å². The van der Waals surface area contributed by atoms with Crippen LogP contribution in [0.5, 0.6) is 0 Å². The molecule has 0 saturated carbocycles. The molecule has 6 nitrogen and oxygen atoms in total. The number of rotatable bonds is 5. The van der Waals surface area contributed by atoms with Crippen LogP contribution in [0.15, 0.2) is 67.3 Å². The molecule has 0 unspecified atom stereocenters. The van der Waals surface area contributed by atoms with E-state index >= 15 is 0 Å². The number of pyridine rings is 1. The summed E-state index contributed by atoms with van der Waals surface area (Å²) >= 11 is 0. The van der Waals surface area contributed by atoms with Crippen molar-refractivity contribution in [2.75, 3.05) is 5.32 Å². The van der Waals surface area contributed by atoms with E-state index in [2.05, 4.69) is 48.4 Å². The molecule has 0 fully saturated rings. The van der Waals surface area contributed by atoms with Crippen LogP contribution in [0.3, 0.4) is 0 Å². The third-order valence-electron chi connectivity index (χ3n) is 4.26.